The molecule has 168 valence electrons. The zero-order valence-corrected chi connectivity index (χ0v) is 18.4. The summed E-state index contributed by atoms with van der Waals surface area (Å²) >= 11 is 0. The molecular formula is C25H27N7O. The summed E-state index contributed by atoms with van der Waals surface area (Å²) in [4.78, 5) is 24.3. The lowest BCUT2D eigenvalue weighted by molar-refractivity contribution is 0.547. The Bertz CT molecular complexity index is 1260. The Morgan fingerprint density at radius 3 is 2.73 bits per heavy atom. The zero-order chi connectivity index (χ0) is 22.6. The minimum Gasteiger partial charge on any atom is -0.399 e. The fourth-order valence-electron chi connectivity index (χ4n) is 4.17. The van der Waals surface area contributed by atoms with E-state index < -0.39 is 0 Å². The van der Waals surface area contributed by atoms with E-state index in [9.17, 15) is 4.79 Å². The maximum absolute atomic E-state index is 12.9. The molecule has 33 heavy (non-hydrogen) atoms. The quantitative estimate of drug-likeness (QED) is 0.526. The Balaban J connectivity index is 1.32. The second-order valence-corrected chi connectivity index (χ2v) is 8.08. The Morgan fingerprint density at radius 2 is 1.88 bits per heavy atom. The number of guanidine groups is 1. The van der Waals surface area contributed by atoms with Gasteiger partial charge in [0.2, 0.25) is 5.95 Å². The minimum absolute atomic E-state index is 0.0348. The Labute approximate surface area is 192 Å². The topological polar surface area (TPSA) is 101 Å². The van der Waals surface area contributed by atoms with Crippen LogP contribution in [0.3, 0.4) is 0 Å². The van der Waals surface area contributed by atoms with Crippen LogP contribution in [0.1, 0.15) is 12.0 Å². The fraction of sp³-hybridized carbons (Fsp3) is 0.240. The molecule has 4 N–H and O–H groups in total. The molecule has 0 bridgehead atoms. The van der Waals surface area contributed by atoms with E-state index in [1.165, 1.54) is 0 Å². The van der Waals surface area contributed by atoms with Gasteiger partial charge in [0.1, 0.15) is 5.82 Å². The van der Waals surface area contributed by atoms with E-state index in [-0.39, 0.29) is 5.56 Å². The van der Waals surface area contributed by atoms with E-state index in [2.05, 4.69) is 20.5 Å². The Morgan fingerprint density at radius 1 is 1.06 bits per heavy atom. The first-order valence-corrected chi connectivity index (χ1v) is 11.2. The van der Waals surface area contributed by atoms with Gasteiger partial charge < -0.3 is 16.4 Å². The van der Waals surface area contributed by atoms with Crippen molar-refractivity contribution in [3.05, 3.63) is 88.5 Å². The Hall–Kier alpha value is -4.07. The monoisotopic (exact) mass is 441 g/mol. The van der Waals surface area contributed by atoms with Crippen molar-refractivity contribution in [3.8, 4) is 11.3 Å². The van der Waals surface area contributed by atoms with Gasteiger partial charge in [-0.3, -0.25) is 14.3 Å². The maximum atomic E-state index is 12.9. The second-order valence-electron chi connectivity index (χ2n) is 8.08. The van der Waals surface area contributed by atoms with Crippen LogP contribution >= 0.6 is 0 Å². The second kappa shape index (κ2) is 9.20. The average molecular weight is 442 g/mol. The fourth-order valence-corrected chi connectivity index (χ4v) is 4.17. The molecule has 3 heterocycles. The summed E-state index contributed by atoms with van der Waals surface area (Å²) in [6.07, 6.45) is 3.69. The molecule has 0 amide bonds. The van der Waals surface area contributed by atoms with Crippen LogP contribution < -0.4 is 26.8 Å². The van der Waals surface area contributed by atoms with Crippen molar-refractivity contribution in [2.24, 2.45) is 4.99 Å². The molecule has 2 aliphatic heterocycles. The van der Waals surface area contributed by atoms with Gasteiger partial charge in [0.05, 0.1) is 12.2 Å². The van der Waals surface area contributed by atoms with E-state index in [1.54, 1.807) is 10.6 Å². The number of rotatable bonds is 5. The summed E-state index contributed by atoms with van der Waals surface area (Å²) < 4.78 is 1.75. The van der Waals surface area contributed by atoms with Gasteiger partial charge in [-0.1, -0.05) is 48.5 Å². The first-order valence-electron chi connectivity index (χ1n) is 11.2. The maximum Gasteiger partial charge on any atom is 0.255 e. The van der Waals surface area contributed by atoms with Crippen LogP contribution in [-0.2, 0) is 13.0 Å². The number of hydrogen-bond donors (Lipinski definition) is 3. The van der Waals surface area contributed by atoms with Gasteiger partial charge in [0.15, 0.2) is 5.96 Å². The van der Waals surface area contributed by atoms with Crippen LogP contribution in [0, 0.1) is 0 Å². The number of aliphatic imine (C=N–C) groups is 1. The van der Waals surface area contributed by atoms with Crippen molar-refractivity contribution in [1.82, 2.24) is 20.2 Å². The number of nitrogens with zero attached hydrogens (tertiary/aromatic N) is 4. The number of nitrogen functional groups attached to an aromatic ring is 1. The van der Waals surface area contributed by atoms with Gasteiger partial charge in [-0.2, -0.15) is 0 Å². The number of anilines is 2. The summed E-state index contributed by atoms with van der Waals surface area (Å²) in [5.41, 5.74) is 9.53. The van der Waals surface area contributed by atoms with E-state index in [0.29, 0.717) is 37.2 Å². The summed E-state index contributed by atoms with van der Waals surface area (Å²) in [5, 5.41) is 6.75. The number of hydrogen-bond acceptors (Lipinski definition) is 7. The smallest absolute Gasteiger partial charge is 0.255 e. The van der Waals surface area contributed by atoms with Crippen LogP contribution in [0.4, 0.5) is 11.6 Å². The molecule has 8 heteroatoms. The van der Waals surface area contributed by atoms with Crippen LogP contribution in [-0.4, -0.2) is 35.1 Å². The molecule has 0 aliphatic carbocycles. The summed E-state index contributed by atoms with van der Waals surface area (Å²) in [5.74, 6) is 2.25. The zero-order valence-electron chi connectivity index (χ0n) is 18.4. The molecular weight excluding hydrogens is 414 g/mol. The molecule has 5 rings (SSSR count). The predicted molar refractivity (Wildman–Crippen MR) is 132 cm³/mol. The lowest BCUT2D eigenvalue weighted by atomic mass is 10.1. The van der Waals surface area contributed by atoms with Gasteiger partial charge in [0.25, 0.3) is 5.56 Å². The van der Waals surface area contributed by atoms with Gasteiger partial charge in [-0.05, 0) is 30.5 Å². The highest BCUT2D eigenvalue weighted by molar-refractivity contribution is 5.83. The van der Waals surface area contributed by atoms with Gasteiger partial charge in [0, 0.05) is 37.0 Å². The largest absolute Gasteiger partial charge is 0.399 e. The molecule has 0 saturated heterocycles. The molecule has 0 unspecified atom stereocenters. The van der Waals surface area contributed by atoms with Gasteiger partial charge >= 0.3 is 0 Å². The van der Waals surface area contributed by atoms with Gasteiger partial charge in [-0.25, -0.2) is 9.98 Å². The first-order chi connectivity index (χ1) is 16.2. The third-order valence-electron chi connectivity index (χ3n) is 5.88. The molecule has 0 radical (unpaired) electrons. The van der Waals surface area contributed by atoms with Gasteiger partial charge in [-0.15, -0.1) is 0 Å². The van der Waals surface area contributed by atoms with Crippen LogP contribution in [0.15, 0.2) is 82.3 Å². The van der Waals surface area contributed by atoms with E-state index in [4.69, 9.17) is 10.7 Å². The van der Waals surface area contributed by atoms with E-state index in [1.807, 2.05) is 60.7 Å². The number of nitrogens with two attached hydrogens (primary N) is 1. The number of aromatic nitrogens is 2. The van der Waals surface area contributed by atoms with E-state index >= 15 is 0 Å². The predicted octanol–water partition coefficient (Wildman–Crippen LogP) is 2.34. The molecule has 0 saturated carbocycles. The molecule has 0 spiro atoms. The number of para-hydroxylation sites is 1. The average Bonchev–Trinajstić information content (AvgIpc) is 2.86. The number of benzene rings is 2. The molecule has 3 aromatic rings. The minimum atomic E-state index is -0.0348. The summed E-state index contributed by atoms with van der Waals surface area (Å²) in [6.45, 7) is 2.70. The van der Waals surface area contributed by atoms with Crippen molar-refractivity contribution in [2.75, 3.05) is 30.3 Å². The third kappa shape index (κ3) is 4.45. The van der Waals surface area contributed by atoms with Crippen molar-refractivity contribution in [1.29, 1.82) is 0 Å². The van der Waals surface area contributed by atoms with Crippen molar-refractivity contribution >= 4 is 17.6 Å². The lowest BCUT2D eigenvalue weighted by Crippen LogP contribution is -2.48. The highest BCUT2D eigenvalue weighted by atomic mass is 16.1. The van der Waals surface area contributed by atoms with Crippen LogP contribution in [0.2, 0.25) is 0 Å². The number of nitrogens with one attached hydrogen (secondary N) is 2. The Kier molecular flexibility index (Phi) is 5.80. The summed E-state index contributed by atoms with van der Waals surface area (Å²) in [7, 11) is 0. The number of fused-ring (bicyclic) bond motifs is 1. The first kappa shape index (κ1) is 20.8. The summed E-state index contributed by atoms with van der Waals surface area (Å²) in [6, 6.07) is 19.3. The highest BCUT2D eigenvalue weighted by Gasteiger charge is 2.25. The van der Waals surface area contributed by atoms with Crippen molar-refractivity contribution in [3.63, 3.8) is 0 Å². The molecule has 8 nitrogen and oxygen atoms in total. The molecule has 2 aliphatic rings. The molecule has 0 atom stereocenters. The van der Waals surface area contributed by atoms with Crippen LogP contribution in [0.5, 0.6) is 0 Å². The standard InChI is InChI=1S/C25H27N7O/c26-20-10-5-4-7-18(20)11-13-27-24-28-14-12-22(30-24)31-15-6-16-32-23(33)17-21(29-25(31)32)19-8-2-1-3-9-19/h1-5,7-10,12,17H,6,11,13-16,26H2,(H2,27,28,30). The highest BCUT2D eigenvalue weighted by Crippen LogP contribution is 2.24. The van der Waals surface area contributed by atoms with Crippen LogP contribution in [0.25, 0.3) is 11.3 Å². The van der Waals surface area contributed by atoms with Crippen molar-refractivity contribution < 1.29 is 0 Å². The third-order valence-corrected chi connectivity index (χ3v) is 5.88. The SMILES string of the molecule is Nc1ccccc1CCNC1=NCC=C(N2CCCn3c2nc(-c2ccccc2)cc3=O)N1. The van der Waals surface area contributed by atoms with Crippen molar-refractivity contribution in [2.45, 2.75) is 19.4 Å². The molecule has 2 aromatic carbocycles. The molecule has 0 fully saturated rings. The normalized spacial score (nSPS) is 15.2. The lowest BCUT2D eigenvalue weighted by Gasteiger charge is -2.34. The van der Waals surface area contributed by atoms with E-state index in [0.717, 1.165) is 42.0 Å². The molecule has 1 aromatic heterocycles.